The number of ketones is 1. The molecule has 0 aliphatic heterocycles. The summed E-state index contributed by atoms with van der Waals surface area (Å²) in [6, 6.07) is 0. The number of aliphatic hydroxyl groups is 1. The molecule has 0 aromatic carbocycles. The van der Waals surface area contributed by atoms with Gasteiger partial charge in [0, 0.05) is 12.0 Å². The Kier molecular flexibility index (Phi) is 14.0. The molecule has 0 aliphatic rings. The standard InChI is InChI=1S/C28H56O6/c1-21(2)13-14-25(5,6)24(30)28(11,12)32-18-16-27(9,10)34-20-23(29)19-33-26(7,8)15-17-31-22(3)4/h21-23,29H,13-20H2,1-12H3. The summed E-state index contributed by atoms with van der Waals surface area (Å²) < 4.78 is 23.5. The molecule has 1 N–H and O–H groups in total. The highest BCUT2D eigenvalue weighted by Gasteiger charge is 2.40. The number of Topliss-reactive ketones (excluding diaryl/α,β-unsaturated/α-hetero) is 1. The van der Waals surface area contributed by atoms with E-state index < -0.39 is 22.7 Å². The van der Waals surface area contributed by atoms with Crippen LogP contribution >= 0.6 is 0 Å². The van der Waals surface area contributed by atoms with E-state index in [2.05, 4.69) is 13.8 Å². The molecule has 1 atom stereocenters. The zero-order valence-corrected chi connectivity index (χ0v) is 24.4. The Bertz CT molecular complexity index is 577. The first kappa shape index (κ1) is 33.5. The van der Waals surface area contributed by atoms with Crippen LogP contribution in [0.3, 0.4) is 0 Å². The second-order valence-corrected chi connectivity index (χ2v) is 12.7. The SMILES string of the molecule is CC(C)CCC(C)(C)C(=O)C(C)(C)OCCC(C)(C)OCC(O)COC(C)(C)CCOC(C)C. The molecule has 0 aliphatic carbocycles. The summed E-state index contributed by atoms with van der Waals surface area (Å²) in [4.78, 5) is 13.1. The number of carbonyl (C=O) groups is 1. The van der Waals surface area contributed by atoms with Gasteiger partial charge >= 0.3 is 0 Å². The van der Waals surface area contributed by atoms with Crippen molar-refractivity contribution in [3.8, 4) is 0 Å². The van der Waals surface area contributed by atoms with Crippen LogP contribution in [-0.2, 0) is 23.7 Å². The quantitative estimate of drug-likeness (QED) is 0.241. The molecule has 0 spiro atoms. The summed E-state index contributed by atoms with van der Waals surface area (Å²) in [6.07, 6.45) is 2.72. The third kappa shape index (κ3) is 14.8. The van der Waals surface area contributed by atoms with Crippen LogP contribution in [0.5, 0.6) is 0 Å². The molecule has 0 heterocycles. The van der Waals surface area contributed by atoms with E-state index >= 15 is 0 Å². The van der Waals surface area contributed by atoms with Crippen LogP contribution in [0.1, 0.15) is 109 Å². The average molecular weight is 489 g/mol. The smallest absolute Gasteiger partial charge is 0.169 e. The molecule has 34 heavy (non-hydrogen) atoms. The van der Waals surface area contributed by atoms with Crippen LogP contribution in [0.2, 0.25) is 0 Å². The van der Waals surface area contributed by atoms with E-state index in [1.165, 1.54) is 0 Å². The van der Waals surface area contributed by atoms with E-state index in [4.69, 9.17) is 18.9 Å². The normalized spacial score (nSPS) is 14.8. The number of ether oxygens (including phenoxy) is 4. The van der Waals surface area contributed by atoms with Gasteiger partial charge in [0.05, 0.1) is 37.1 Å². The summed E-state index contributed by atoms with van der Waals surface area (Å²) in [5.74, 6) is 0.702. The molecule has 1 unspecified atom stereocenters. The average Bonchev–Trinajstić information content (AvgIpc) is 2.68. The molecular weight excluding hydrogens is 432 g/mol. The van der Waals surface area contributed by atoms with Crippen LogP contribution in [0.25, 0.3) is 0 Å². The van der Waals surface area contributed by atoms with Crippen molar-refractivity contribution in [3.63, 3.8) is 0 Å². The minimum absolute atomic E-state index is 0.133. The van der Waals surface area contributed by atoms with Crippen molar-refractivity contribution in [1.29, 1.82) is 0 Å². The highest BCUT2D eigenvalue weighted by atomic mass is 16.5. The number of aliphatic hydroxyl groups excluding tert-OH is 1. The fourth-order valence-electron chi connectivity index (χ4n) is 3.57. The predicted molar refractivity (Wildman–Crippen MR) is 139 cm³/mol. The van der Waals surface area contributed by atoms with E-state index in [-0.39, 0.29) is 30.7 Å². The molecule has 0 bridgehead atoms. The summed E-state index contributed by atoms with van der Waals surface area (Å²) in [6.45, 7) is 25.5. The molecule has 0 saturated carbocycles. The topological polar surface area (TPSA) is 74.2 Å². The first-order valence-corrected chi connectivity index (χ1v) is 13.1. The van der Waals surface area contributed by atoms with E-state index in [0.29, 0.717) is 25.6 Å². The van der Waals surface area contributed by atoms with Gasteiger partial charge in [-0.15, -0.1) is 0 Å². The van der Waals surface area contributed by atoms with Crippen LogP contribution in [-0.4, -0.2) is 66.3 Å². The first-order chi connectivity index (χ1) is 15.3. The lowest BCUT2D eigenvalue weighted by Gasteiger charge is -2.35. The van der Waals surface area contributed by atoms with Gasteiger partial charge in [0.15, 0.2) is 5.78 Å². The van der Waals surface area contributed by atoms with Gasteiger partial charge in [-0.05, 0) is 80.6 Å². The summed E-state index contributed by atoms with van der Waals surface area (Å²) >= 11 is 0. The number of carbonyl (C=O) groups excluding carboxylic acids is 1. The lowest BCUT2D eigenvalue weighted by atomic mass is 9.76. The van der Waals surface area contributed by atoms with Crippen LogP contribution < -0.4 is 0 Å². The maximum Gasteiger partial charge on any atom is 0.169 e. The van der Waals surface area contributed by atoms with Crippen molar-refractivity contribution in [2.45, 2.75) is 138 Å². The monoisotopic (exact) mass is 488 g/mol. The molecule has 6 nitrogen and oxygen atoms in total. The Morgan fingerprint density at radius 3 is 1.65 bits per heavy atom. The molecule has 204 valence electrons. The van der Waals surface area contributed by atoms with Crippen molar-refractivity contribution in [2.75, 3.05) is 26.4 Å². The minimum Gasteiger partial charge on any atom is -0.388 e. The second-order valence-electron chi connectivity index (χ2n) is 12.7. The largest absolute Gasteiger partial charge is 0.388 e. The van der Waals surface area contributed by atoms with Crippen LogP contribution in [0.15, 0.2) is 0 Å². The summed E-state index contributed by atoms with van der Waals surface area (Å²) in [5, 5.41) is 10.3. The molecule has 0 fully saturated rings. The van der Waals surface area contributed by atoms with Gasteiger partial charge in [-0.3, -0.25) is 4.79 Å². The lowest BCUT2D eigenvalue weighted by molar-refractivity contribution is -0.154. The Morgan fingerprint density at radius 1 is 0.735 bits per heavy atom. The zero-order valence-electron chi connectivity index (χ0n) is 24.4. The number of rotatable bonds is 19. The van der Waals surface area contributed by atoms with Crippen LogP contribution in [0, 0.1) is 11.3 Å². The van der Waals surface area contributed by atoms with E-state index in [1.54, 1.807) is 0 Å². The molecular formula is C28H56O6. The van der Waals surface area contributed by atoms with Crippen molar-refractivity contribution >= 4 is 5.78 Å². The van der Waals surface area contributed by atoms with E-state index in [9.17, 15) is 9.90 Å². The van der Waals surface area contributed by atoms with Gasteiger partial charge in [-0.2, -0.15) is 0 Å². The number of hydrogen-bond acceptors (Lipinski definition) is 6. The van der Waals surface area contributed by atoms with E-state index in [0.717, 1.165) is 19.3 Å². The molecule has 0 rings (SSSR count). The van der Waals surface area contributed by atoms with Crippen LogP contribution in [0.4, 0.5) is 0 Å². The highest BCUT2D eigenvalue weighted by Crippen LogP contribution is 2.32. The maximum atomic E-state index is 13.1. The second kappa shape index (κ2) is 14.3. The minimum atomic E-state index is -0.852. The van der Waals surface area contributed by atoms with Crippen molar-refractivity contribution in [1.82, 2.24) is 0 Å². The highest BCUT2D eigenvalue weighted by molar-refractivity contribution is 5.91. The van der Waals surface area contributed by atoms with Gasteiger partial charge in [-0.25, -0.2) is 0 Å². The molecule has 0 aromatic heterocycles. The molecule has 0 amide bonds. The van der Waals surface area contributed by atoms with Gasteiger partial charge in [-0.1, -0.05) is 34.1 Å². The summed E-state index contributed by atoms with van der Waals surface area (Å²) in [7, 11) is 0. The molecule has 0 radical (unpaired) electrons. The Hall–Kier alpha value is -0.530. The van der Waals surface area contributed by atoms with Gasteiger partial charge in [0.2, 0.25) is 0 Å². The molecule has 0 saturated heterocycles. The Morgan fingerprint density at radius 2 is 1.21 bits per heavy atom. The van der Waals surface area contributed by atoms with Crippen molar-refractivity contribution < 1.29 is 28.8 Å². The summed E-state index contributed by atoms with van der Waals surface area (Å²) in [5.41, 5.74) is -2.14. The zero-order chi connectivity index (χ0) is 26.8. The third-order valence-electron chi connectivity index (χ3n) is 6.16. The van der Waals surface area contributed by atoms with Crippen molar-refractivity contribution in [3.05, 3.63) is 0 Å². The fraction of sp³-hybridized carbons (Fsp3) is 0.964. The lowest BCUT2D eigenvalue weighted by Crippen LogP contribution is -2.45. The van der Waals surface area contributed by atoms with Gasteiger partial charge < -0.3 is 24.1 Å². The Labute approximate surface area is 210 Å². The van der Waals surface area contributed by atoms with E-state index in [1.807, 2.05) is 69.2 Å². The van der Waals surface area contributed by atoms with Gasteiger partial charge in [0.25, 0.3) is 0 Å². The molecule has 6 heteroatoms. The maximum absolute atomic E-state index is 13.1. The van der Waals surface area contributed by atoms with Crippen molar-refractivity contribution in [2.24, 2.45) is 11.3 Å². The Balaban J connectivity index is 4.46. The fourth-order valence-corrected chi connectivity index (χ4v) is 3.57. The predicted octanol–water partition coefficient (Wildman–Crippen LogP) is 5.97. The number of hydrogen-bond donors (Lipinski definition) is 1. The third-order valence-corrected chi connectivity index (χ3v) is 6.16. The van der Waals surface area contributed by atoms with Gasteiger partial charge in [0.1, 0.15) is 11.7 Å². The molecule has 0 aromatic rings. The first-order valence-electron chi connectivity index (χ1n) is 13.1.